The molecule has 2 aromatic carbocycles. The van der Waals surface area contributed by atoms with Crippen molar-refractivity contribution in [2.24, 2.45) is 0 Å². The average molecular weight is 434 g/mol. The van der Waals surface area contributed by atoms with Gasteiger partial charge in [-0.05, 0) is 39.6 Å². The van der Waals surface area contributed by atoms with Gasteiger partial charge in [-0.2, -0.15) is 5.10 Å². The first-order chi connectivity index (χ1) is 15.3. The number of amides is 1. The summed E-state index contributed by atoms with van der Waals surface area (Å²) in [5.74, 6) is 0.812. The Balaban J connectivity index is 1.24. The number of anilines is 1. The van der Waals surface area contributed by atoms with Crippen molar-refractivity contribution in [3.63, 3.8) is 0 Å². The molecule has 0 unspecified atom stereocenters. The molecule has 1 N–H and O–H groups in total. The van der Waals surface area contributed by atoms with E-state index in [9.17, 15) is 4.79 Å². The molecule has 0 saturated heterocycles. The highest BCUT2D eigenvalue weighted by molar-refractivity contribution is 7.99. The number of fused-ring (bicyclic) bond motifs is 1. The van der Waals surface area contributed by atoms with Gasteiger partial charge in [0.2, 0.25) is 11.1 Å². The van der Waals surface area contributed by atoms with Crippen LogP contribution in [0.1, 0.15) is 37.3 Å². The van der Waals surface area contributed by atoms with Crippen molar-refractivity contribution in [1.82, 2.24) is 30.0 Å². The molecule has 1 amide bonds. The van der Waals surface area contributed by atoms with E-state index >= 15 is 0 Å². The highest BCUT2D eigenvalue weighted by Gasteiger charge is 2.22. The molecule has 0 bridgehead atoms. The van der Waals surface area contributed by atoms with Crippen LogP contribution in [0.15, 0.2) is 59.9 Å². The lowest BCUT2D eigenvalue weighted by Crippen LogP contribution is -2.18. The van der Waals surface area contributed by atoms with Gasteiger partial charge in [0.25, 0.3) is 0 Å². The quantitative estimate of drug-likeness (QED) is 0.444. The molecule has 4 aromatic rings. The molecule has 1 aliphatic rings. The third kappa shape index (κ3) is 4.32. The first-order valence-corrected chi connectivity index (χ1v) is 11.5. The highest BCUT2D eigenvalue weighted by Crippen LogP contribution is 2.31. The van der Waals surface area contributed by atoms with Crippen molar-refractivity contribution in [3.8, 4) is 0 Å². The molecule has 0 atom stereocenters. The summed E-state index contributed by atoms with van der Waals surface area (Å²) in [4.78, 5) is 12.6. The predicted molar refractivity (Wildman–Crippen MR) is 120 cm³/mol. The minimum absolute atomic E-state index is 0.106. The summed E-state index contributed by atoms with van der Waals surface area (Å²) >= 11 is 1.37. The lowest BCUT2D eigenvalue weighted by molar-refractivity contribution is -0.113. The van der Waals surface area contributed by atoms with Gasteiger partial charge in [-0.1, -0.05) is 67.1 Å². The highest BCUT2D eigenvalue weighted by atomic mass is 32.2. The largest absolute Gasteiger partial charge is 0.310 e. The van der Waals surface area contributed by atoms with Crippen LogP contribution in [-0.4, -0.2) is 41.6 Å². The second kappa shape index (κ2) is 8.89. The molecule has 8 nitrogen and oxygen atoms in total. The number of carbonyl (C=O) groups excluding carboxylic acids is 1. The monoisotopic (exact) mass is 433 g/mol. The zero-order valence-corrected chi connectivity index (χ0v) is 17.8. The van der Waals surface area contributed by atoms with Gasteiger partial charge in [0.1, 0.15) is 5.82 Å². The van der Waals surface area contributed by atoms with Crippen LogP contribution < -0.4 is 5.32 Å². The van der Waals surface area contributed by atoms with Crippen LogP contribution in [0.25, 0.3) is 10.8 Å². The molecule has 2 heterocycles. The lowest BCUT2D eigenvalue weighted by Gasteiger charge is -2.12. The van der Waals surface area contributed by atoms with Gasteiger partial charge in [-0.3, -0.25) is 4.79 Å². The second-order valence-corrected chi connectivity index (χ2v) is 8.64. The number of tetrazole rings is 1. The fraction of sp³-hybridized carbons (Fsp3) is 0.318. The van der Waals surface area contributed by atoms with Gasteiger partial charge in [-0.25, -0.2) is 9.36 Å². The van der Waals surface area contributed by atoms with Gasteiger partial charge in [0.15, 0.2) is 0 Å². The molecule has 1 fully saturated rings. The Kier molecular flexibility index (Phi) is 5.66. The van der Waals surface area contributed by atoms with Gasteiger partial charge in [0.05, 0.1) is 24.5 Å². The number of hydrogen-bond donors (Lipinski definition) is 1. The molecule has 2 aromatic heterocycles. The van der Waals surface area contributed by atoms with Crippen LogP contribution in [0.3, 0.4) is 0 Å². The molecular weight excluding hydrogens is 410 g/mol. The van der Waals surface area contributed by atoms with E-state index in [4.69, 9.17) is 0 Å². The van der Waals surface area contributed by atoms with Crippen molar-refractivity contribution >= 4 is 34.3 Å². The van der Waals surface area contributed by atoms with Gasteiger partial charge in [0, 0.05) is 6.07 Å². The fourth-order valence-corrected chi connectivity index (χ4v) is 4.87. The molecule has 1 saturated carbocycles. The zero-order valence-electron chi connectivity index (χ0n) is 17.0. The maximum absolute atomic E-state index is 12.6. The first kappa shape index (κ1) is 19.7. The van der Waals surface area contributed by atoms with Crippen molar-refractivity contribution < 1.29 is 4.79 Å². The van der Waals surface area contributed by atoms with Crippen molar-refractivity contribution in [1.29, 1.82) is 0 Å². The predicted octanol–water partition coefficient (Wildman–Crippen LogP) is 3.92. The maximum atomic E-state index is 12.6. The molecule has 5 rings (SSSR count). The third-order valence-corrected chi connectivity index (χ3v) is 6.58. The third-order valence-electron chi connectivity index (χ3n) is 5.65. The van der Waals surface area contributed by atoms with E-state index in [1.807, 2.05) is 33.6 Å². The summed E-state index contributed by atoms with van der Waals surface area (Å²) in [5, 5.41) is 22.5. The molecule has 158 valence electrons. The van der Waals surface area contributed by atoms with Crippen LogP contribution in [-0.2, 0) is 11.3 Å². The minimum Gasteiger partial charge on any atom is -0.310 e. The molecule has 0 aliphatic heterocycles. The zero-order chi connectivity index (χ0) is 21.0. The molecule has 31 heavy (non-hydrogen) atoms. The summed E-state index contributed by atoms with van der Waals surface area (Å²) in [6.07, 6.45) is 6.30. The Morgan fingerprint density at radius 1 is 1.10 bits per heavy atom. The topological polar surface area (TPSA) is 90.5 Å². The molecule has 0 spiro atoms. The Labute approximate surface area is 184 Å². The Bertz CT molecular complexity index is 1190. The van der Waals surface area contributed by atoms with Crippen LogP contribution in [0.5, 0.6) is 0 Å². The number of nitrogens with one attached hydrogen (secondary N) is 1. The molecule has 1 aliphatic carbocycles. The van der Waals surface area contributed by atoms with E-state index in [-0.39, 0.29) is 11.7 Å². The van der Waals surface area contributed by atoms with E-state index < -0.39 is 0 Å². The van der Waals surface area contributed by atoms with Gasteiger partial charge < -0.3 is 5.32 Å². The van der Waals surface area contributed by atoms with E-state index in [1.54, 1.807) is 6.20 Å². The minimum atomic E-state index is -0.106. The fourth-order valence-electron chi connectivity index (χ4n) is 4.12. The summed E-state index contributed by atoms with van der Waals surface area (Å²) in [6.45, 7) is 0.580. The number of carbonyl (C=O) groups is 1. The van der Waals surface area contributed by atoms with Crippen LogP contribution in [0, 0.1) is 0 Å². The maximum Gasteiger partial charge on any atom is 0.235 e. The number of rotatable bonds is 7. The standard InChI is InChI=1S/C22H23N7OS/c30-21(15-31-22-25-26-27-29(22)18-9-2-3-10-18)24-20-12-13-23-28(20)14-17-8-5-7-16-6-1-4-11-19(16)17/h1,4-8,11-13,18H,2-3,9-10,14-15H2,(H,24,30). The average Bonchev–Trinajstić information content (AvgIpc) is 3.55. The SMILES string of the molecule is O=C(CSc1nnnn1C1CCCC1)Nc1ccnn1Cc1cccc2ccccc12. The molecule has 0 radical (unpaired) electrons. The number of thioether (sulfide) groups is 1. The summed E-state index contributed by atoms with van der Waals surface area (Å²) in [6, 6.07) is 16.7. The van der Waals surface area contributed by atoms with Gasteiger partial charge >= 0.3 is 0 Å². The lowest BCUT2D eigenvalue weighted by atomic mass is 10.0. The van der Waals surface area contributed by atoms with Crippen molar-refractivity contribution in [2.45, 2.75) is 43.4 Å². The normalized spacial score (nSPS) is 14.3. The Morgan fingerprint density at radius 2 is 1.94 bits per heavy atom. The molecule has 9 heteroatoms. The second-order valence-electron chi connectivity index (χ2n) is 7.69. The summed E-state index contributed by atoms with van der Waals surface area (Å²) in [5.41, 5.74) is 1.16. The van der Waals surface area contributed by atoms with Gasteiger partial charge in [-0.15, -0.1) is 5.10 Å². The van der Waals surface area contributed by atoms with E-state index in [1.165, 1.54) is 35.4 Å². The van der Waals surface area contributed by atoms with Crippen LogP contribution in [0.4, 0.5) is 5.82 Å². The summed E-state index contributed by atoms with van der Waals surface area (Å²) in [7, 11) is 0. The van der Waals surface area contributed by atoms with E-state index in [2.05, 4.69) is 50.2 Å². The summed E-state index contributed by atoms with van der Waals surface area (Å²) < 4.78 is 3.68. The number of hydrogen-bond acceptors (Lipinski definition) is 6. The van der Waals surface area contributed by atoms with E-state index in [0.717, 1.165) is 18.4 Å². The smallest absolute Gasteiger partial charge is 0.235 e. The van der Waals surface area contributed by atoms with E-state index in [0.29, 0.717) is 23.6 Å². The number of nitrogens with zero attached hydrogens (tertiary/aromatic N) is 6. The van der Waals surface area contributed by atoms with Crippen LogP contribution >= 0.6 is 11.8 Å². The Hall–Kier alpha value is -3.20. The van der Waals surface area contributed by atoms with Crippen molar-refractivity contribution in [3.05, 3.63) is 60.3 Å². The first-order valence-electron chi connectivity index (χ1n) is 10.5. The molecular formula is C22H23N7OS. The number of benzene rings is 2. The Morgan fingerprint density at radius 3 is 2.84 bits per heavy atom. The van der Waals surface area contributed by atoms with Crippen LogP contribution in [0.2, 0.25) is 0 Å². The van der Waals surface area contributed by atoms with Crippen molar-refractivity contribution in [2.75, 3.05) is 11.1 Å². The number of aromatic nitrogens is 6.